The Labute approximate surface area is 214 Å². The lowest BCUT2D eigenvalue weighted by Crippen LogP contribution is -2.28. The van der Waals surface area contributed by atoms with E-state index in [-0.39, 0.29) is 33.7 Å². The molecule has 36 heavy (non-hydrogen) atoms. The molecule has 0 aliphatic carbocycles. The predicted octanol–water partition coefficient (Wildman–Crippen LogP) is 2.88. The van der Waals surface area contributed by atoms with Crippen molar-refractivity contribution in [2.45, 2.75) is 23.3 Å². The van der Waals surface area contributed by atoms with E-state index in [0.717, 1.165) is 0 Å². The van der Waals surface area contributed by atoms with Crippen molar-refractivity contribution >= 4 is 43.2 Å². The second-order valence-electron chi connectivity index (χ2n) is 7.41. The van der Waals surface area contributed by atoms with Crippen LogP contribution in [0.5, 0.6) is 11.5 Å². The molecule has 0 saturated heterocycles. The van der Waals surface area contributed by atoms with Crippen LogP contribution >= 0.6 is 11.6 Å². The maximum Gasteiger partial charge on any atom is 0.261 e. The molecule has 0 aliphatic rings. The minimum Gasteiger partial charge on any atom is -0.494 e. The minimum atomic E-state index is -3.92. The number of halogens is 1. The second kappa shape index (κ2) is 11.6. The third kappa shape index (κ3) is 7.59. The van der Waals surface area contributed by atoms with Gasteiger partial charge in [-0.15, -0.1) is 0 Å². The summed E-state index contributed by atoms with van der Waals surface area (Å²) in [6, 6.07) is 16.1. The van der Waals surface area contributed by atoms with Gasteiger partial charge in [0, 0.05) is 12.2 Å². The normalized spacial score (nSPS) is 11.5. The lowest BCUT2D eigenvalue weighted by atomic mass is 10.2. The van der Waals surface area contributed by atoms with E-state index in [1.54, 1.807) is 24.3 Å². The van der Waals surface area contributed by atoms with Crippen LogP contribution in [0.4, 0.5) is 5.69 Å². The largest absolute Gasteiger partial charge is 0.494 e. The molecule has 0 unspecified atom stereocenters. The van der Waals surface area contributed by atoms with E-state index in [1.807, 2.05) is 6.92 Å². The van der Waals surface area contributed by atoms with E-state index in [0.29, 0.717) is 23.6 Å². The molecule has 0 spiro atoms. The van der Waals surface area contributed by atoms with Gasteiger partial charge in [-0.2, -0.15) is 0 Å². The van der Waals surface area contributed by atoms with Crippen molar-refractivity contribution < 1.29 is 31.1 Å². The van der Waals surface area contributed by atoms with Crippen molar-refractivity contribution in [1.82, 2.24) is 5.32 Å². The topological polar surface area (TPSA) is 154 Å². The second-order valence-corrected chi connectivity index (χ2v) is 11.1. The van der Waals surface area contributed by atoms with Gasteiger partial charge in [-0.3, -0.25) is 9.52 Å². The van der Waals surface area contributed by atoms with Crippen LogP contribution in [0.3, 0.4) is 0 Å². The Bertz CT molecular complexity index is 1430. The number of amides is 1. The van der Waals surface area contributed by atoms with E-state index < -0.39 is 26.0 Å². The number of anilines is 1. The first-order valence-corrected chi connectivity index (χ1v) is 13.9. The molecule has 1 amide bonds. The maximum atomic E-state index is 12.7. The highest BCUT2D eigenvalue weighted by atomic mass is 35.5. The molecule has 0 atom stereocenters. The summed E-state index contributed by atoms with van der Waals surface area (Å²) in [5, 5.41) is 7.68. The van der Waals surface area contributed by atoms with E-state index in [1.165, 1.54) is 42.5 Å². The standard InChI is InChI=1S/C23H24ClN3O7S2/c1-2-33-18-7-5-17(6-8-18)27-36(31,32)20-11-12-22(21(24)13-20)34-15-23(28)26-14-16-3-9-19(10-4-16)35(25,29)30/h3-13,27H,2,14-15H2,1H3,(H,26,28)(H2,25,29,30). The molecule has 3 aromatic rings. The van der Waals surface area contributed by atoms with Gasteiger partial charge in [-0.25, -0.2) is 22.0 Å². The van der Waals surface area contributed by atoms with Crippen LogP contribution in [0.25, 0.3) is 0 Å². The number of nitrogens with two attached hydrogens (primary N) is 1. The number of ether oxygens (including phenoxy) is 2. The predicted molar refractivity (Wildman–Crippen MR) is 135 cm³/mol. The minimum absolute atomic E-state index is 0.0101. The van der Waals surface area contributed by atoms with Crippen molar-refractivity contribution in [1.29, 1.82) is 0 Å². The molecule has 0 bridgehead atoms. The first-order chi connectivity index (χ1) is 17.0. The molecule has 0 heterocycles. The van der Waals surface area contributed by atoms with Crippen LogP contribution in [0.15, 0.2) is 76.5 Å². The zero-order chi connectivity index (χ0) is 26.3. The Kier molecular flexibility index (Phi) is 8.79. The van der Waals surface area contributed by atoms with Gasteiger partial charge in [0.05, 0.1) is 21.4 Å². The van der Waals surface area contributed by atoms with Crippen LogP contribution in [0, 0.1) is 0 Å². The van der Waals surface area contributed by atoms with Gasteiger partial charge < -0.3 is 14.8 Å². The van der Waals surface area contributed by atoms with Gasteiger partial charge in [-0.05, 0) is 67.1 Å². The van der Waals surface area contributed by atoms with Gasteiger partial charge in [0.1, 0.15) is 11.5 Å². The van der Waals surface area contributed by atoms with Gasteiger partial charge in [-0.1, -0.05) is 23.7 Å². The number of hydrogen-bond donors (Lipinski definition) is 3. The fourth-order valence-corrected chi connectivity index (χ4v) is 4.86. The van der Waals surface area contributed by atoms with Gasteiger partial charge in [0.25, 0.3) is 15.9 Å². The molecule has 3 aromatic carbocycles. The molecule has 13 heteroatoms. The summed E-state index contributed by atoms with van der Waals surface area (Å²) in [7, 11) is -7.71. The SMILES string of the molecule is CCOc1ccc(NS(=O)(=O)c2ccc(OCC(=O)NCc3ccc(S(N)(=O)=O)cc3)c(Cl)c2)cc1. The Balaban J connectivity index is 1.55. The molecule has 192 valence electrons. The van der Waals surface area contributed by atoms with Crippen molar-refractivity contribution in [3.63, 3.8) is 0 Å². The summed E-state index contributed by atoms with van der Waals surface area (Å²) in [6.07, 6.45) is 0. The summed E-state index contributed by atoms with van der Waals surface area (Å²) in [5.41, 5.74) is 1.01. The Morgan fingerprint density at radius 3 is 2.14 bits per heavy atom. The molecule has 0 radical (unpaired) electrons. The molecule has 10 nitrogen and oxygen atoms in total. The molecule has 4 N–H and O–H groups in total. The monoisotopic (exact) mass is 553 g/mol. The van der Waals surface area contributed by atoms with Crippen LogP contribution in [0.2, 0.25) is 5.02 Å². The van der Waals surface area contributed by atoms with Crippen molar-refractivity contribution in [2.75, 3.05) is 17.9 Å². The highest BCUT2D eigenvalue weighted by Crippen LogP contribution is 2.28. The van der Waals surface area contributed by atoms with Crippen LogP contribution in [0.1, 0.15) is 12.5 Å². The molecule has 0 aliphatic heterocycles. The third-order valence-electron chi connectivity index (χ3n) is 4.73. The number of nitrogens with one attached hydrogen (secondary N) is 2. The molecular weight excluding hydrogens is 530 g/mol. The Morgan fingerprint density at radius 2 is 1.56 bits per heavy atom. The summed E-state index contributed by atoms with van der Waals surface area (Å²) in [5.74, 6) is 0.286. The van der Waals surface area contributed by atoms with Crippen LogP contribution in [-0.2, 0) is 31.4 Å². The first kappa shape index (κ1) is 27.3. The van der Waals surface area contributed by atoms with E-state index in [4.69, 9.17) is 26.2 Å². The molecule has 3 rings (SSSR count). The molecular formula is C23H24ClN3O7S2. The fourth-order valence-electron chi connectivity index (χ4n) is 2.96. The lowest BCUT2D eigenvalue weighted by molar-refractivity contribution is -0.123. The zero-order valence-corrected chi connectivity index (χ0v) is 21.5. The summed E-state index contributed by atoms with van der Waals surface area (Å²) < 4.78 is 61.2. The highest BCUT2D eigenvalue weighted by Gasteiger charge is 2.17. The summed E-state index contributed by atoms with van der Waals surface area (Å²) in [4.78, 5) is 12.0. The van der Waals surface area contributed by atoms with E-state index in [2.05, 4.69) is 10.0 Å². The van der Waals surface area contributed by atoms with Crippen LogP contribution < -0.4 is 24.7 Å². The van der Waals surface area contributed by atoms with Gasteiger partial charge in [0.15, 0.2) is 6.61 Å². The van der Waals surface area contributed by atoms with Gasteiger partial charge in [0.2, 0.25) is 10.0 Å². The molecule has 0 saturated carbocycles. The van der Waals surface area contributed by atoms with Gasteiger partial charge >= 0.3 is 0 Å². The zero-order valence-electron chi connectivity index (χ0n) is 19.1. The maximum absolute atomic E-state index is 12.7. The first-order valence-electron chi connectivity index (χ1n) is 10.5. The van der Waals surface area contributed by atoms with E-state index >= 15 is 0 Å². The number of benzene rings is 3. The average molecular weight is 554 g/mol. The number of carbonyl (C=O) groups is 1. The van der Waals surface area contributed by atoms with Crippen molar-refractivity contribution in [3.8, 4) is 11.5 Å². The molecule has 0 aromatic heterocycles. The molecule has 0 fully saturated rings. The van der Waals surface area contributed by atoms with Crippen molar-refractivity contribution in [3.05, 3.63) is 77.3 Å². The Morgan fingerprint density at radius 1 is 0.917 bits per heavy atom. The number of sulfonamides is 2. The lowest BCUT2D eigenvalue weighted by Gasteiger charge is -2.12. The summed E-state index contributed by atoms with van der Waals surface area (Å²) >= 11 is 6.18. The Hall–Kier alpha value is -3.32. The number of primary sulfonamides is 1. The third-order valence-corrected chi connectivity index (χ3v) is 7.34. The number of hydrogen-bond acceptors (Lipinski definition) is 7. The number of carbonyl (C=O) groups excluding carboxylic acids is 1. The fraction of sp³-hybridized carbons (Fsp3) is 0.174. The smallest absolute Gasteiger partial charge is 0.261 e. The van der Waals surface area contributed by atoms with Crippen LogP contribution in [-0.4, -0.2) is 36.0 Å². The quantitative estimate of drug-likeness (QED) is 0.330. The number of rotatable bonds is 11. The van der Waals surface area contributed by atoms with E-state index in [9.17, 15) is 21.6 Å². The summed E-state index contributed by atoms with van der Waals surface area (Å²) in [6.45, 7) is 2.11. The van der Waals surface area contributed by atoms with Crippen molar-refractivity contribution in [2.24, 2.45) is 5.14 Å². The average Bonchev–Trinajstić information content (AvgIpc) is 2.83. The highest BCUT2D eigenvalue weighted by molar-refractivity contribution is 7.92.